The van der Waals surface area contributed by atoms with Gasteiger partial charge in [0.25, 0.3) is 5.69 Å². The topological polar surface area (TPSA) is 105 Å². The van der Waals surface area contributed by atoms with Crippen LogP contribution in [0.4, 0.5) is 5.69 Å². The van der Waals surface area contributed by atoms with Gasteiger partial charge in [0.1, 0.15) is 0 Å². The third-order valence-electron chi connectivity index (χ3n) is 3.42. The van der Waals surface area contributed by atoms with Crippen LogP contribution in [0.15, 0.2) is 36.4 Å². The second-order valence-corrected chi connectivity index (χ2v) is 5.40. The van der Waals surface area contributed by atoms with Crippen molar-refractivity contribution in [2.45, 2.75) is 0 Å². The van der Waals surface area contributed by atoms with Crippen molar-refractivity contribution in [2.75, 3.05) is 20.8 Å². The Morgan fingerprint density at radius 1 is 1.08 bits per heavy atom. The zero-order valence-corrected chi connectivity index (χ0v) is 14.6. The van der Waals surface area contributed by atoms with Crippen molar-refractivity contribution in [3.05, 3.63) is 62.7 Å². The average Bonchev–Trinajstić information content (AvgIpc) is 2.64. The van der Waals surface area contributed by atoms with Crippen LogP contribution < -0.4 is 9.47 Å². The van der Waals surface area contributed by atoms with Crippen LogP contribution >= 0.6 is 11.6 Å². The molecule has 136 valence electrons. The number of non-ortho nitro benzene ring substituents is 1. The molecule has 0 amide bonds. The van der Waals surface area contributed by atoms with Crippen LogP contribution in [0, 0.1) is 10.1 Å². The van der Waals surface area contributed by atoms with Crippen LogP contribution in [0.1, 0.15) is 20.7 Å². The first-order valence-electron chi connectivity index (χ1n) is 7.23. The van der Waals surface area contributed by atoms with Gasteiger partial charge in [-0.3, -0.25) is 14.9 Å². The number of rotatable bonds is 7. The van der Waals surface area contributed by atoms with E-state index in [1.54, 1.807) is 6.07 Å². The predicted octanol–water partition coefficient (Wildman–Crippen LogP) is 3.31. The smallest absolute Gasteiger partial charge is 0.340 e. The number of methoxy groups -OCH3 is 2. The number of ketones is 1. The van der Waals surface area contributed by atoms with Gasteiger partial charge in [-0.2, -0.15) is 0 Å². The number of ether oxygens (including phenoxy) is 3. The molecule has 0 spiro atoms. The normalized spacial score (nSPS) is 10.1. The van der Waals surface area contributed by atoms with Crippen LogP contribution in [0.2, 0.25) is 5.02 Å². The van der Waals surface area contributed by atoms with E-state index in [1.807, 2.05) is 0 Å². The van der Waals surface area contributed by atoms with E-state index >= 15 is 0 Å². The van der Waals surface area contributed by atoms with Crippen molar-refractivity contribution in [2.24, 2.45) is 0 Å². The minimum Gasteiger partial charge on any atom is -0.493 e. The number of Topliss-reactive ketones (excluding diaryl/α,β-unsaturated/α-hetero) is 1. The number of carbonyl (C=O) groups excluding carboxylic acids is 2. The molecular formula is C17H14ClNO7. The Labute approximate surface area is 153 Å². The van der Waals surface area contributed by atoms with Crippen molar-refractivity contribution < 1.29 is 28.7 Å². The van der Waals surface area contributed by atoms with E-state index in [0.717, 1.165) is 12.1 Å². The van der Waals surface area contributed by atoms with Crippen LogP contribution in [-0.4, -0.2) is 37.5 Å². The van der Waals surface area contributed by atoms with E-state index in [4.69, 9.17) is 25.8 Å². The molecular weight excluding hydrogens is 366 g/mol. The van der Waals surface area contributed by atoms with Crippen molar-refractivity contribution in [3.8, 4) is 11.5 Å². The summed E-state index contributed by atoms with van der Waals surface area (Å²) in [4.78, 5) is 34.2. The van der Waals surface area contributed by atoms with E-state index < -0.39 is 23.3 Å². The lowest BCUT2D eigenvalue weighted by atomic mass is 10.1. The maximum atomic E-state index is 12.2. The Hall–Kier alpha value is -3.13. The van der Waals surface area contributed by atoms with Crippen LogP contribution in [0.25, 0.3) is 0 Å². The monoisotopic (exact) mass is 379 g/mol. The summed E-state index contributed by atoms with van der Waals surface area (Å²) in [5, 5.41) is 10.5. The van der Waals surface area contributed by atoms with Crippen LogP contribution in [-0.2, 0) is 4.74 Å². The fraction of sp³-hybridized carbons (Fsp3) is 0.176. The van der Waals surface area contributed by atoms with Crippen molar-refractivity contribution in [3.63, 3.8) is 0 Å². The molecule has 2 aromatic carbocycles. The van der Waals surface area contributed by atoms with Gasteiger partial charge < -0.3 is 14.2 Å². The summed E-state index contributed by atoms with van der Waals surface area (Å²) in [5.74, 6) is -0.502. The first-order chi connectivity index (χ1) is 12.4. The molecule has 26 heavy (non-hydrogen) atoms. The number of halogens is 1. The number of nitro groups is 1. The molecule has 0 unspecified atom stereocenters. The standard InChI is InChI=1S/C17H14ClNO7/c1-24-15-6-3-10(7-16(15)25-2)14(20)9-26-17(21)12-5-4-11(19(22)23)8-13(12)18/h3-8H,9H2,1-2H3. The first kappa shape index (κ1) is 19.2. The first-order valence-corrected chi connectivity index (χ1v) is 7.61. The van der Waals surface area contributed by atoms with E-state index in [0.29, 0.717) is 11.5 Å². The summed E-state index contributed by atoms with van der Waals surface area (Å²) < 4.78 is 15.1. The lowest BCUT2D eigenvalue weighted by Gasteiger charge is -2.09. The van der Waals surface area contributed by atoms with E-state index in [2.05, 4.69) is 0 Å². The van der Waals surface area contributed by atoms with Gasteiger partial charge in [-0.15, -0.1) is 0 Å². The maximum Gasteiger partial charge on any atom is 0.340 e. The fourth-order valence-corrected chi connectivity index (χ4v) is 2.34. The van der Waals surface area contributed by atoms with Crippen LogP contribution in [0.3, 0.4) is 0 Å². The Bertz CT molecular complexity index is 866. The molecule has 0 bridgehead atoms. The van der Waals surface area contributed by atoms with Gasteiger partial charge in [-0.05, 0) is 24.3 Å². The largest absolute Gasteiger partial charge is 0.493 e. The Kier molecular flexibility index (Phi) is 6.13. The second kappa shape index (κ2) is 8.30. The molecule has 0 saturated heterocycles. The molecule has 0 N–H and O–H groups in total. The van der Waals surface area contributed by atoms with E-state index in [1.165, 1.54) is 32.4 Å². The summed E-state index contributed by atoms with van der Waals surface area (Å²) >= 11 is 5.85. The molecule has 2 rings (SSSR count). The molecule has 0 radical (unpaired) electrons. The molecule has 8 nitrogen and oxygen atoms in total. The third kappa shape index (κ3) is 4.28. The quantitative estimate of drug-likeness (QED) is 0.314. The minimum atomic E-state index is -0.862. The summed E-state index contributed by atoms with van der Waals surface area (Å²) in [7, 11) is 2.90. The van der Waals surface area contributed by atoms with Gasteiger partial charge in [0.15, 0.2) is 23.9 Å². The average molecular weight is 380 g/mol. The van der Waals surface area contributed by atoms with Crippen LogP contribution in [0.5, 0.6) is 11.5 Å². The third-order valence-corrected chi connectivity index (χ3v) is 3.74. The lowest BCUT2D eigenvalue weighted by Crippen LogP contribution is -2.15. The highest BCUT2D eigenvalue weighted by atomic mass is 35.5. The Morgan fingerprint density at radius 3 is 2.35 bits per heavy atom. The second-order valence-electron chi connectivity index (χ2n) is 4.99. The van der Waals surface area contributed by atoms with E-state index in [9.17, 15) is 19.7 Å². The molecule has 0 aliphatic rings. The molecule has 0 aromatic heterocycles. The lowest BCUT2D eigenvalue weighted by molar-refractivity contribution is -0.384. The van der Waals surface area contributed by atoms with Crippen molar-refractivity contribution in [1.82, 2.24) is 0 Å². The Morgan fingerprint density at radius 2 is 1.77 bits per heavy atom. The zero-order chi connectivity index (χ0) is 19.3. The number of esters is 1. The van der Waals surface area contributed by atoms with Gasteiger partial charge in [0, 0.05) is 17.7 Å². The van der Waals surface area contributed by atoms with Crippen molar-refractivity contribution in [1.29, 1.82) is 0 Å². The summed E-state index contributed by atoms with van der Waals surface area (Å²) in [5.41, 5.74) is -0.0596. The molecule has 2 aromatic rings. The fourth-order valence-electron chi connectivity index (χ4n) is 2.08. The highest BCUT2D eigenvalue weighted by molar-refractivity contribution is 6.33. The predicted molar refractivity (Wildman–Crippen MR) is 92.3 cm³/mol. The number of hydrogen-bond acceptors (Lipinski definition) is 7. The molecule has 0 aliphatic carbocycles. The van der Waals surface area contributed by atoms with Crippen molar-refractivity contribution >= 4 is 29.0 Å². The Balaban J connectivity index is 2.07. The van der Waals surface area contributed by atoms with Gasteiger partial charge in [-0.1, -0.05) is 11.6 Å². The van der Waals surface area contributed by atoms with Gasteiger partial charge in [0.2, 0.25) is 0 Å². The number of nitrogens with zero attached hydrogens (tertiary/aromatic N) is 1. The summed E-state index contributed by atoms with van der Waals surface area (Å²) in [6.45, 7) is -0.526. The highest BCUT2D eigenvalue weighted by Crippen LogP contribution is 2.28. The maximum absolute atomic E-state index is 12.2. The number of nitro benzene ring substituents is 1. The van der Waals surface area contributed by atoms with Gasteiger partial charge >= 0.3 is 5.97 Å². The minimum absolute atomic E-state index is 0.0719. The van der Waals surface area contributed by atoms with Gasteiger partial charge in [-0.25, -0.2) is 4.79 Å². The molecule has 0 aliphatic heterocycles. The molecule has 0 atom stereocenters. The van der Waals surface area contributed by atoms with Gasteiger partial charge in [0.05, 0.1) is 29.7 Å². The summed E-state index contributed by atoms with van der Waals surface area (Å²) in [6.07, 6.45) is 0. The molecule has 0 saturated carbocycles. The zero-order valence-electron chi connectivity index (χ0n) is 13.9. The molecule has 0 heterocycles. The number of hydrogen-bond donors (Lipinski definition) is 0. The number of carbonyl (C=O) groups is 2. The summed E-state index contributed by atoms with van der Waals surface area (Å²) in [6, 6.07) is 7.86. The molecule has 0 fully saturated rings. The highest BCUT2D eigenvalue weighted by Gasteiger charge is 2.18. The number of benzene rings is 2. The van der Waals surface area contributed by atoms with E-state index in [-0.39, 0.29) is 21.8 Å². The molecule has 9 heteroatoms. The SMILES string of the molecule is COc1ccc(C(=O)COC(=O)c2ccc([N+](=O)[O-])cc2Cl)cc1OC.